The topological polar surface area (TPSA) is 66.5 Å². The van der Waals surface area contributed by atoms with E-state index in [-0.39, 0.29) is 30.1 Å². The number of nitrogens with one attached hydrogen (secondary N) is 1. The van der Waals surface area contributed by atoms with Gasteiger partial charge in [0.1, 0.15) is 0 Å². The monoisotopic (exact) mass is 268 g/mol. The van der Waals surface area contributed by atoms with Gasteiger partial charge < -0.3 is 10.2 Å². The van der Waals surface area contributed by atoms with Crippen LogP contribution >= 0.6 is 0 Å². The molecule has 108 valence electrons. The zero-order chi connectivity index (χ0) is 14.4. The van der Waals surface area contributed by atoms with Gasteiger partial charge in [0.2, 0.25) is 11.8 Å². The minimum Gasteiger partial charge on any atom is -0.345 e. The summed E-state index contributed by atoms with van der Waals surface area (Å²) in [5, 5.41) is 2.72. The van der Waals surface area contributed by atoms with Crippen LogP contribution in [0.4, 0.5) is 0 Å². The Bertz CT molecular complexity index is 353. The molecule has 1 heterocycles. The molecule has 0 radical (unpaired) electrons. The fourth-order valence-electron chi connectivity index (χ4n) is 2.34. The van der Waals surface area contributed by atoms with E-state index in [9.17, 15) is 14.4 Å². The Morgan fingerprint density at radius 3 is 2.53 bits per heavy atom. The summed E-state index contributed by atoms with van der Waals surface area (Å²) in [6.07, 6.45) is 3.40. The first-order chi connectivity index (χ1) is 8.91. The van der Waals surface area contributed by atoms with Crippen molar-refractivity contribution >= 4 is 17.6 Å². The molecule has 1 unspecified atom stereocenters. The van der Waals surface area contributed by atoms with Crippen molar-refractivity contribution in [3.8, 4) is 0 Å². The van der Waals surface area contributed by atoms with E-state index in [2.05, 4.69) is 5.32 Å². The molecule has 0 saturated carbocycles. The second kappa shape index (κ2) is 7.26. The number of rotatable bonds is 5. The van der Waals surface area contributed by atoms with Crippen LogP contribution in [0.5, 0.6) is 0 Å². The van der Waals surface area contributed by atoms with Crippen molar-refractivity contribution in [1.29, 1.82) is 0 Å². The smallest absolute Gasteiger partial charge is 0.240 e. The number of ketones is 1. The highest BCUT2D eigenvalue weighted by Crippen LogP contribution is 2.11. The van der Waals surface area contributed by atoms with Gasteiger partial charge in [0, 0.05) is 13.0 Å². The molecule has 19 heavy (non-hydrogen) atoms. The van der Waals surface area contributed by atoms with Crippen molar-refractivity contribution in [2.24, 2.45) is 5.92 Å². The second-order valence-electron chi connectivity index (χ2n) is 5.53. The number of hydrogen-bond acceptors (Lipinski definition) is 3. The molecule has 0 aromatic rings. The van der Waals surface area contributed by atoms with E-state index in [1.807, 2.05) is 13.8 Å². The van der Waals surface area contributed by atoms with Crippen LogP contribution in [0.25, 0.3) is 0 Å². The van der Waals surface area contributed by atoms with Crippen LogP contribution in [-0.4, -0.2) is 41.6 Å². The van der Waals surface area contributed by atoms with Gasteiger partial charge in [-0.15, -0.1) is 0 Å². The van der Waals surface area contributed by atoms with Crippen LogP contribution in [0.15, 0.2) is 0 Å². The number of carbonyl (C=O) groups is 3. The highest BCUT2D eigenvalue weighted by atomic mass is 16.2. The summed E-state index contributed by atoms with van der Waals surface area (Å²) in [6.45, 7) is 5.96. The third-order valence-electron chi connectivity index (χ3n) is 3.43. The lowest BCUT2D eigenvalue weighted by Gasteiger charge is -2.23. The van der Waals surface area contributed by atoms with E-state index in [0.717, 1.165) is 19.3 Å². The Balaban J connectivity index is 2.53. The van der Waals surface area contributed by atoms with E-state index >= 15 is 0 Å². The van der Waals surface area contributed by atoms with E-state index < -0.39 is 6.04 Å². The number of hydrogen-bond donors (Lipinski definition) is 1. The molecule has 1 atom stereocenters. The molecule has 2 amide bonds. The van der Waals surface area contributed by atoms with Gasteiger partial charge in [-0.2, -0.15) is 0 Å². The summed E-state index contributed by atoms with van der Waals surface area (Å²) in [4.78, 5) is 36.7. The van der Waals surface area contributed by atoms with Crippen molar-refractivity contribution in [3.05, 3.63) is 0 Å². The van der Waals surface area contributed by atoms with Crippen molar-refractivity contribution in [1.82, 2.24) is 10.2 Å². The molecule has 1 aliphatic rings. The maximum atomic E-state index is 11.9. The molecule has 1 N–H and O–H groups in total. The Morgan fingerprint density at radius 2 is 1.95 bits per heavy atom. The normalized spacial score (nSPS) is 18.1. The number of nitrogens with zero attached hydrogens (tertiary/aromatic N) is 1. The van der Waals surface area contributed by atoms with Crippen LogP contribution in [0.1, 0.15) is 46.5 Å². The average Bonchev–Trinajstić information content (AvgIpc) is 2.51. The van der Waals surface area contributed by atoms with Crippen LogP contribution in [0, 0.1) is 5.92 Å². The first-order valence-electron chi connectivity index (χ1n) is 6.99. The fraction of sp³-hybridized carbons (Fsp3) is 0.786. The summed E-state index contributed by atoms with van der Waals surface area (Å²) >= 11 is 0. The van der Waals surface area contributed by atoms with Crippen molar-refractivity contribution in [2.45, 2.75) is 52.5 Å². The SMILES string of the molecule is CC(=O)C(NC(=O)CN1CCCCCC1=O)C(C)C. The molecular formula is C14H24N2O3. The maximum absolute atomic E-state index is 11.9. The molecule has 1 rings (SSSR count). The summed E-state index contributed by atoms with van der Waals surface area (Å²) in [5.41, 5.74) is 0. The lowest BCUT2D eigenvalue weighted by Crippen LogP contribution is -2.48. The molecule has 5 heteroatoms. The Hall–Kier alpha value is -1.39. The van der Waals surface area contributed by atoms with E-state index in [1.54, 1.807) is 4.90 Å². The zero-order valence-electron chi connectivity index (χ0n) is 12.1. The summed E-state index contributed by atoms with van der Waals surface area (Å²) in [6, 6.07) is -0.463. The zero-order valence-corrected chi connectivity index (χ0v) is 12.1. The minimum absolute atomic E-state index is 0.0385. The van der Waals surface area contributed by atoms with E-state index in [0.29, 0.717) is 13.0 Å². The Morgan fingerprint density at radius 1 is 1.26 bits per heavy atom. The van der Waals surface area contributed by atoms with E-state index in [4.69, 9.17) is 0 Å². The van der Waals surface area contributed by atoms with Gasteiger partial charge in [0.05, 0.1) is 12.6 Å². The third kappa shape index (κ3) is 5.01. The molecular weight excluding hydrogens is 244 g/mol. The number of carbonyl (C=O) groups excluding carboxylic acids is 3. The summed E-state index contributed by atoms with van der Waals surface area (Å²) in [5.74, 6) is -0.201. The maximum Gasteiger partial charge on any atom is 0.240 e. The molecule has 1 aliphatic heterocycles. The van der Waals surface area contributed by atoms with Crippen LogP contribution in [-0.2, 0) is 14.4 Å². The summed E-state index contributed by atoms with van der Waals surface area (Å²) in [7, 11) is 0. The van der Waals surface area contributed by atoms with Crippen LogP contribution in [0.3, 0.4) is 0 Å². The third-order valence-corrected chi connectivity index (χ3v) is 3.43. The van der Waals surface area contributed by atoms with Gasteiger partial charge in [-0.3, -0.25) is 14.4 Å². The molecule has 1 fully saturated rings. The first kappa shape index (κ1) is 15.7. The second-order valence-corrected chi connectivity index (χ2v) is 5.53. The van der Waals surface area contributed by atoms with E-state index in [1.165, 1.54) is 6.92 Å². The molecule has 1 saturated heterocycles. The first-order valence-corrected chi connectivity index (χ1v) is 6.99. The lowest BCUT2D eigenvalue weighted by atomic mass is 10.0. The predicted octanol–water partition coefficient (Wildman–Crippen LogP) is 1.12. The molecule has 0 aliphatic carbocycles. The van der Waals surface area contributed by atoms with Crippen LogP contribution in [0.2, 0.25) is 0 Å². The highest BCUT2D eigenvalue weighted by molar-refractivity contribution is 5.90. The lowest BCUT2D eigenvalue weighted by molar-refractivity contribution is -0.136. The molecule has 0 aromatic heterocycles. The van der Waals surface area contributed by atoms with Gasteiger partial charge >= 0.3 is 0 Å². The van der Waals surface area contributed by atoms with Crippen molar-refractivity contribution in [3.63, 3.8) is 0 Å². The Labute approximate surface area is 114 Å². The fourth-order valence-corrected chi connectivity index (χ4v) is 2.34. The number of amides is 2. The molecule has 0 aromatic carbocycles. The van der Waals surface area contributed by atoms with Crippen molar-refractivity contribution in [2.75, 3.05) is 13.1 Å². The van der Waals surface area contributed by atoms with Crippen molar-refractivity contribution < 1.29 is 14.4 Å². The van der Waals surface area contributed by atoms with Gasteiger partial charge in [-0.05, 0) is 25.7 Å². The summed E-state index contributed by atoms with van der Waals surface area (Å²) < 4.78 is 0. The quantitative estimate of drug-likeness (QED) is 0.812. The van der Waals surface area contributed by atoms with Gasteiger partial charge in [-0.25, -0.2) is 0 Å². The van der Waals surface area contributed by atoms with Gasteiger partial charge in [-0.1, -0.05) is 20.3 Å². The molecule has 5 nitrogen and oxygen atoms in total. The number of Topliss-reactive ketones (excluding diaryl/α,β-unsaturated/α-hetero) is 1. The van der Waals surface area contributed by atoms with Gasteiger partial charge in [0.25, 0.3) is 0 Å². The largest absolute Gasteiger partial charge is 0.345 e. The average molecular weight is 268 g/mol. The Kier molecular flexibility index (Phi) is 5.99. The number of likely N-dealkylation sites (tertiary alicyclic amines) is 1. The van der Waals surface area contributed by atoms with Crippen LogP contribution < -0.4 is 5.32 Å². The standard InChI is InChI=1S/C14H24N2O3/c1-10(2)14(11(3)17)15-12(18)9-16-8-6-4-5-7-13(16)19/h10,14H,4-9H2,1-3H3,(H,15,18). The predicted molar refractivity (Wildman–Crippen MR) is 72.5 cm³/mol. The minimum atomic E-state index is -0.463. The molecule has 0 bridgehead atoms. The highest BCUT2D eigenvalue weighted by Gasteiger charge is 2.23. The van der Waals surface area contributed by atoms with Gasteiger partial charge in [0.15, 0.2) is 5.78 Å². The molecule has 0 spiro atoms.